The first-order valence-electron chi connectivity index (χ1n) is 7.33. The topological polar surface area (TPSA) is 95.8 Å². The van der Waals surface area contributed by atoms with Gasteiger partial charge in [-0.2, -0.15) is 5.26 Å². The number of H-pyrrole nitrogens is 1. The summed E-state index contributed by atoms with van der Waals surface area (Å²) in [4.78, 5) is 31.3. The van der Waals surface area contributed by atoms with Crippen LogP contribution in [-0.4, -0.2) is 28.5 Å². The molecule has 0 unspecified atom stereocenters. The fourth-order valence-electron chi connectivity index (χ4n) is 2.17. The molecular weight excluding hydrogens is 330 g/mol. The molecule has 6 nitrogen and oxygen atoms in total. The van der Waals surface area contributed by atoms with Crippen LogP contribution < -0.4 is 5.56 Å². The molecule has 7 heteroatoms. The van der Waals surface area contributed by atoms with Gasteiger partial charge in [-0.05, 0) is 31.5 Å². The molecule has 0 fully saturated rings. The standard InChI is InChI=1S/C17H16ClN3O3/c1-3-4-7-24-10(2)15(22)13(9-19)16-20-14-8-11(18)5-6-12(14)17(23)21-16/h3,5-6,8,10,13H,1,4,7H2,2H3,(H,20,21,23)/t10-,13-/m0/s1. The van der Waals surface area contributed by atoms with Crippen molar-refractivity contribution < 1.29 is 9.53 Å². The number of aromatic amines is 1. The van der Waals surface area contributed by atoms with Crippen LogP contribution in [0.25, 0.3) is 10.9 Å². The van der Waals surface area contributed by atoms with Crippen molar-refractivity contribution in [3.63, 3.8) is 0 Å². The summed E-state index contributed by atoms with van der Waals surface area (Å²) in [5.74, 6) is -1.70. The van der Waals surface area contributed by atoms with Crippen LogP contribution >= 0.6 is 11.6 Å². The van der Waals surface area contributed by atoms with Crippen molar-refractivity contribution in [2.45, 2.75) is 25.4 Å². The molecule has 1 aromatic carbocycles. The summed E-state index contributed by atoms with van der Waals surface area (Å²) in [5, 5.41) is 10.1. The van der Waals surface area contributed by atoms with Crippen LogP contribution in [0.4, 0.5) is 0 Å². The summed E-state index contributed by atoms with van der Waals surface area (Å²) in [6.07, 6.45) is 1.47. The third kappa shape index (κ3) is 3.88. The van der Waals surface area contributed by atoms with Gasteiger partial charge in [0.1, 0.15) is 11.9 Å². The number of Topliss-reactive ketones (excluding diaryl/α,β-unsaturated/α-hetero) is 1. The summed E-state index contributed by atoms with van der Waals surface area (Å²) in [7, 11) is 0. The Bertz CT molecular complexity index is 869. The van der Waals surface area contributed by atoms with E-state index < -0.39 is 23.4 Å². The highest BCUT2D eigenvalue weighted by Gasteiger charge is 2.28. The highest BCUT2D eigenvalue weighted by atomic mass is 35.5. The third-order valence-electron chi connectivity index (χ3n) is 3.46. The summed E-state index contributed by atoms with van der Waals surface area (Å²) >= 11 is 5.91. The van der Waals surface area contributed by atoms with Gasteiger partial charge in [0.05, 0.1) is 23.6 Å². The normalized spacial score (nSPS) is 13.2. The van der Waals surface area contributed by atoms with E-state index in [0.717, 1.165) is 0 Å². The lowest BCUT2D eigenvalue weighted by Crippen LogP contribution is -2.29. The van der Waals surface area contributed by atoms with E-state index in [1.54, 1.807) is 19.1 Å². The van der Waals surface area contributed by atoms with Gasteiger partial charge in [-0.1, -0.05) is 17.7 Å². The molecule has 2 atom stereocenters. The molecule has 1 N–H and O–H groups in total. The monoisotopic (exact) mass is 345 g/mol. The number of rotatable bonds is 7. The van der Waals surface area contributed by atoms with Crippen molar-refractivity contribution in [2.24, 2.45) is 0 Å². The van der Waals surface area contributed by atoms with E-state index >= 15 is 0 Å². The van der Waals surface area contributed by atoms with Crippen LogP contribution in [0.5, 0.6) is 0 Å². The lowest BCUT2D eigenvalue weighted by atomic mass is 10.0. The van der Waals surface area contributed by atoms with Crippen molar-refractivity contribution >= 4 is 28.3 Å². The summed E-state index contributed by atoms with van der Waals surface area (Å²) < 4.78 is 5.37. The van der Waals surface area contributed by atoms with Gasteiger partial charge in [-0.3, -0.25) is 9.59 Å². The minimum absolute atomic E-state index is 0.0126. The number of hydrogen-bond acceptors (Lipinski definition) is 5. The average molecular weight is 346 g/mol. The number of ether oxygens (including phenoxy) is 1. The first kappa shape index (κ1) is 17.9. The van der Waals surface area contributed by atoms with E-state index in [-0.39, 0.29) is 5.82 Å². The molecule has 0 saturated heterocycles. The SMILES string of the molecule is C=CCCO[C@@H](C)C(=O)[C@H](C#N)c1nc2cc(Cl)ccc2c(=O)[nH]1. The lowest BCUT2D eigenvalue weighted by molar-refractivity contribution is -0.129. The molecule has 0 aliphatic heterocycles. The van der Waals surface area contributed by atoms with E-state index in [4.69, 9.17) is 16.3 Å². The Hall–Kier alpha value is -2.49. The minimum Gasteiger partial charge on any atom is -0.370 e. The van der Waals surface area contributed by atoms with Crippen molar-refractivity contribution in [2.75, 3.05) is 6.61 Å². The Kier molecular flexibility index (Phi) is 5.85. The van der Waals surface area contributed by atoms with Crippen LogP contribution in [0, 0.1) is 11.3 Å². The molecule has 0 amide bonds. The van der Waals surface area contributed by atoms with Gasteiger partial charge >= 0.3 is 0 Å². The number of nitrogens with zero attached hydrogens (tertiary/aromatic N) is 2. The number of carbonyl (C=O) groups is 1. The quantitative estimate of drug-likeness (QED) is 0.614. The molecule has 1 heterocycles. The lowest BCUT2D eigenvalue weighted by Gasteiger charge is -2.15. The zero-order chi connectivity index (χ0) is 17.7. The van der Waals surface area contributed by atoms with E-state index in [0.29, 0.717) is 29.0 Å². The van der Waals surface area contributed by atoms with Crippen molar-refractivity contribution in [3.05, 3.63) is 52.1 Å². The van der Waals surface area contributed by atoms with Gasteiger partial charge in [-0.15, -0.1) is 6.58 Å². The number of hydrogen-bond donors (Lipinski definition) is 1. The van der Waals surface area contributed by atoms with Crippen LogP contribution in [0.15, 0.2) is 35.6 Å². The maximum Gasteiger partial charge on any atom is 0.258 e. The molecule has 0 saturated carbocycles. The van der Waals surface area contributed by atoms with Crippen LogP contribution in [0.1, 0.15) is 25.1 Å². The molecule has 0 radical (unpaired) electrons. The van der Waals surface area contributed by atoms with Crippen LogP contribution in [0.3, 0.4) is 0 Å². The third-order valence-corrected chi connectivity index (χ3v) is 3.70. The van der Waals surface area contributed by atoms with Crippen molar-refractivity contribution in [1.82, 2.24) is 9.97 Å². The van der Waals surface area contributed by atoms with Gasteiger partial charge in [0.2, 0.25) is 0 Å². The highest BCUT2D eigenvalue weighted by Crippen LogP contribution is 2.19. The smallest absolute Gasteiger partial charge is 0.258 e. The molecule has 2 rings (SSSR count). The number of nitrogens with one attached hydrogen (secondary N) is 1. The highest BCUT2D eigenvalue weighted by molar-refractivity contribution is 6.31. The summed E-state index contributed by atoms with van der Waals surface area (Å²) in [5.41, 5.74) is -0.102. The first-order valence-corrected chi connectivity index (χ1v) is 7.71. The second-order valence-corrected chi connectivity index (χ2v) is 5.60. The Balaban J connectivity index is 2.35. The molecule has 0 spiro atoms. The number of nitriles is 1. The average Bonchev–Trinajstić information content (AvgIpc) is 2.55. The van der Waals surface area contributed by atoms with Crippen molar-refractivity contribution in [1.29, 1.82) is 5.26 Å². The van der Waals surface area contributed by atoms with Gasteiger partial charge in [-0.25, -0.2) is 4.98 Å². The molecular formula is C17H16ClN3O3. The van der Waals surface area contributed by atoms with E-state index in [9.17, 15) is 14.9 Å². The molecule has 124 valence electrons. The summed E-state index contributed by atoms with van der Waals surface area (Å²) in [6.45, 7) is 5.46. The van der Waals surface area contributed by atoms with Crippen molar-refractivity contribution in [3.8, 4) is 6.07 Å². The predicted octanol–water partition coefficient (Wildman–Crippen LogP) is 2.73. The van der Waals surface area contributed by atoms with Crippen LogP contribution in [0.2, 0.25) is 5.02 Å². The van der Waals surface area contributed by atoms with Gasteiger partial charge in [0, 0.05) is 5.02 Å². The van der Waals surface area contributed by atoms with Gasteiger partial charge < -0.3 is 9.72 Å². The Morgan fingerprint density at radius 3 is 3.00 bits per heavy atom. The molecule has 0 aliphatic carbocycles. The molecule has 0 bridgehead atoms. The minimum atomic E-state index is -1.22. The predicted molar refractivity (Wildman–Crippen MR) is 91.0 cm³/mol. The number of fused-ring (bicyclic) bond motifs is 1. The maximum atomic E-state index is 12.4. The Morgan fingerprint density at radius 2 is 2.33 bits per heavy atom. The fourth-order valence-corrected chi connectivity index (χ4v) is 2.34. The first-order chi connectivity index (χ1) is 11.5. The molecule has 1 aromatic heterocycles. The zero-order valence-corrected chi connectivity index (χ0v) is 13.8. The number of benzene rings is 1. The van der Waals surface area contributed by atoms with E-state index in [1.165, 1.54) is 12.1 Å². The Labute approximate surface area is 143 Å². The molecule has 24 heavy (non-hydrogen) atoms. The number of halogens is 1. The van der Waals surface area contributed by atoms with E-state index in [1.807, 2.05) is 6.07 Å². The molecule has 0 aliphatic rings. The number of carbonyl (C=O) groups excluding carboxylic acids is 1. The largest absolute Gasteiger partial charge is 0.370 e. The van der Waals surface area contributed by atoms with Crippen LogP contribution in [-0.2, 0) is 9.53 Å². The molecule has 2 aromatic rings. The number of ketones is 1. The zero-order valence-electron chi connectivity index (χ0n) is 13.1. The van der Waals surface area contributed by atoms with E-state index in [2.05, 4.69) is 16.5 Å². The Morgan fingerprint density at radius 1 is 1.58 bits per heavy atom. The van der Waals surface area contributed by atoms with Gasteiger partial charge in [0.15, 0.2) is 11.7 Å². The number of aromatic nitrogens is 2. The fraction of sp³-hybridized carbons (Fsp3) is 0.294. The summed E-state index contributed by atoms with van der Waals surface area (Å²) in [6, 6.07) is 6.50. The maximum absolute atomic E-state index is 12.4. The second-order valence-electron chi connectivity index (χ2n) is 5.17. The van der Waals surface area contributed by atoms with Gasteiger partial charge in [0.25, 0.3) is 5.56 Å². The second kappa shape index (κ2) is 7.86.